The highest BCUT2D eigenvalue weighted by atomic mass is 19.4. The molecule has 1 aromatic rings. The predicted octanol–water partition coefficient (Wildman–Crippen LogP) is 2.80. The average Bonchev–Trinajstić information content (AvgIpc) is 2.09. The van der Waals surface area contributed by atoms with E-state index in [4.69, 9.17) is 5.11 Å². The summed E-state index contributed by atoms with van der Waals surface area (Å²) >= 11 is 0. The van der Waals surface area contributed by atoms with E-state index in [2.05, 4.69) is 0 Å². The first-order valence-corrected chi connectivity index (χ1v) is 5.27. The number of rotatable bonds is 2. The lowest BCUT2D eigenvalue weighted by Gasteiger charge is -2.43. The Labute approximate surface area is 104 Å². The van der Waals surface area contributed by atoms with E-state index in [1.165, 1.54) is 0 Å². The molecule has 0 bridgehead atoms. The van der Waals surface area contributed by atoms with Gasteiger partial charge in [-0.1, -0.05) is 0 Å². The summed E-state index contributed by atoms with van der Waals surface area (Å²) < 4.78 is 64.3. The predicted molar refractivity (Wildman–Crippen MR) is 55.1 cm³/mol. The normalized spacial score (nSPS) is 19.2. The van der Waals surface area contributed by atoms with Crippen LogP contribution in [-0.4, -0.2) is 29.8 Å². The third kappa shape index (κ3) is 2.34. The van der Waals surface area contributed by atoms with Crippen LogP contribution >= 0.6 is 0 Å². The number of hydrogen-bond acceptors (Lipinski definition) is 2. The fourth-order valence-electron chi connectivity index (χ4n) is 1.97. The van der Waals surface area contributed by atoms with Crippen molar-refractivity contribution in [2.24, 2.45) is 0 Å². The van der Waals surface area contributed by atoms with Gasteiger partial charge in [0, 0.05) is 12.2 Å². The molecule has 0 aliphatic carbocycles. The molecular weight excluding hydrogens is 273 g/mol. The molecule has 1 heterocycles. The van der Waals surface area contributed by atoms with Crippen LogP contribution in [0.4, 0.5) is 27.6 Å². The minimum atomic E-state index is -4.49. The van der Waals surface area contributed by atoms with Crippen molar-refractivity contribution in [2.75, 3.05) is 11.4 Å². The Bertz CT molecular complexity index is 505. The van der Waals surface area contributed by atoms with Gasteiger partial charge in [0.05, 0.1) is 0 Å². The number of halogens is 5. The molecule has 8 heteroatoms. The number of anilines is 1. The fourth-order valence-corrected chi connectivity index (χ4v) is 1.97. The van der Waals surface area contributed by atoms with Crippen LogP contribution in [0.15, 0.2) is 12.1 Å². The summed E-state index contributed by atoms with van der Waals surface area (Å²) in [5.74, 6) is -4.59. The first kappa shape index (κ1) is 13.6. The highest BCUT2D eigenvalue weighted by Crippen LogP contribution is 2.38. The maximum absolute atomic E-state index is 13.4. The van der Waals surface area contributed by atoms with Gasteiger partial charge in [-0.05, 0) is 18.6 Å². The molecule has 1 aliphatic heterocycles. The smallest absolute Gasteiger partial charge is 0.408 e. The maximum Gasteiger partial charge on any atom is 0.408 e. The van der Waals surface area contributed by atoms with Crippen LogP contribution in [0.1, 0.15) is 16.8 Å². The zero-order chi connectivity index (χ0) is 14.4. The Morgan fingerprint density at radius 2 is 1.79 bits per heavy atom. The second-order valence-electron chi connectivity index (χ2n) is 4.13. The molecule has 1 fully saturated rings. The quantitative estimate of drug-likeness (QED) is 0.847. The van der Waals surface area contributed by atoms with Gasteiger partial charge in [0.25, 0.3) is 0 Å². The van der Waals surface area contributed by atoms with Gasteiger partial charge in [0.2, 0.25) is 0 Å². The summed E-state index contributed by atoms with van der Waals surface area (Å²) in [5, 5.41) is 8.55. The molecule has 1 N–H and O–H groups in total. The van der Waals surface area contributed by atoms with Gasteiger partial charge >= 0.3 is 12.1 Å². The number of benzene rings is 1. The zero-order valence-electron chi connectivity index (χ0n) is 9.34. The summed E-state index contributed by atoms with van der Waals surface area (Å²) in [6, 6.07) is -0.587. The molecule has 2 rings (SSSR count). The highest BCUT2D eigenvalue weighted by Gasteiger charge is 2.49. The monoisotopic (exact) mass is 281 g/mol. The number of carboxylic acid groups (broad SMARTS) is 1. The second kappa shape index (κ2) is 4.36. The second-order valence-corrected chi connectivity index (χ2v) is 4.13. The van der Waals surface area contributed by atoms with Crippen molar-refractivity contribution >= 4 is 11.7 Å². The molecule has 3 nitrogen and oxygen atoms in total. The summed E-state index contributed by atoms with van der Waals surface area (Å²) in [6.07, 6.45) is -4.65. The first-order chi connectivity index (χ1) is 8.71. The molecule has 19 heavy (non-hydrogen) atoms. The largest absolute Gasteiger partial charge is 0.477 e. The highest BCUT2D eigenvalue weighted by molar-refractivity contribution is 5.88. The van der Waals surface area contributed by atoms with Gasteiger partial charge in [0.15, 0.2) is 0 Å². The Morgan fingerprint density at radius 1 is 1.26 bits per heavy atom. The summed E-state index contributed by atoms with van der Waals surface area (Å²) in [7, 11) is 0. The fraction of sp³-hybridized carbons (Fsp3) is 0.364. The SMILES string of the molecule is O=C(O)c1c(F)cc(N2CCC2C(F)(F)F)cc1F. The van der Waals surface area contributed by atoms with Crippen LogP contribution in [0.5, 0.6) is 0 Å². The van der Waals surface area contributed by atoms with E-state index in [1.807, 2.05) is 0 Å². The van der Waals surface area contributed by atoms with Crippen LogP contribution in [0, 0.1) is 11.6 Å². The van der Waals surface area contributed by atoms with Crippen molar-refractivity contribution in [3.05, 3.63) is 29.3 Å². The van der Waals surface area contributed by atoms with E-state index in [9.17, 15) is 26.7 Å². The van der Waals surface area contributed by atoms with E-state index in [1.54, 1.807) is 0 Å². The van der Waals surface area contributed by atoms with Crippen LogP contribution in [0.3, 0.4) is 0 Å². The molecule has 1 aliphatic rings. The van der Waals surface area contributed by atoms with Gasteiger partial charge < -0.3 is 10.0 Å². The van der Waals surface area contributed by atoms with E-state index in [0.29, 0.717) is 12.1 Å². The molecule has 104 valence electrons. The van der Waals surface area contributed by atoms with Gasteiger partial charge in [-0.2, -0.15) is 13.2 Å². The topological polar surface area (TPSA) is 40.5 Å². The molecule has 0 amide bonds. The van der Waals surface area contributed by atoms with Crippen molar-refractivity contribution in [3.63, 3.8) is 0 Å². The molecule has 0 radical (unpaired) electrons. The third-order valence-electron chi connectivity index (χ3n) is 2.97. The minimum Gasteiger partial charge on any atom is -0.477 e. The summed E-state index contributed by atoms with van der Waals surface area (Å²) in [4.78, 5) is 11.3. The molecule has 0 aromatic heterocycles. The van der Waals surface area contributed by atoms with Crippen molar-refractivity contribution in [3.8, 4) is 0 Å². The van der Waals surface area contributed by atoms with E-state index in [0.717, 1.165) is 4.90 Å². The number of hydrogen-bond donors (Lipinski definition) is 1. The Balaban J connectivity index is 2.35. The molecule has 0 spiro atoms. The molecule has 1 unspecified atom stereocenters. The zero-order valence-corrected chi connectivity index (χ0v) is 9.34. The van der Waals surface area contributed by atoms with E-state index < -0.39 is 35.4 Å². The van der Waals surface area contributed by atoms with Crippen LogP contribution < -0.4 is 4.90 Å². The van der Waals surface area contributed by atoms with Gasteiger partial charge in [-0.25, -0.2) is 13.6 Å². The Hall–Kier alpha value is -1.86. The van der Waals surface area contributed by atoms with Crippen molar-refractivity contribution in [1.29, 1.82) is 0 Å². The standard InChI is InChI=1S/C11H8F5NO2/c12-6-3-5(4-7(13)9(6)10(18)19)17-2-1-8(17)11(14,15)16/h3-4,8H,1-2H2,(H,18,19). The van der Waals surface area contributed by atoms with Gasteiger partial charge in [0.1, 0.15) is 23.2 Å². The van der Waals surface area contributed by atoms with E-state index >= 15 is 0 Å². The molecular formula is C11H8F5NO2. The lowest BCUT2D eigenvalue weighted by atomic mass is 10.0. The summed E-state index contributed by atoms with van der Waals surface area (Å²) in [5.41, 5.74) is -1.48. The van der Waals surface area contributed by atoms with Crippen LogP contribution in [0.2, 0.25) is 0 Å². The number of carboxylic acids is 1. The lowest BCUT2D eigenvalue weighted by molar-refractivity contribution is -0.159. The molecule has 0 saturated carbocycles. The number of carbonyl (C=O) groups is 1. The Morgan fingerprint density at radius 3 is 2.11 bits per heavy atom. The molecule has 1 saturated heterocycles. The number of alkyl halides is 3. The molecule has 1 atom stereocenters. The van der Waals surface area contributed by atoms with Crippen LogP contribution in [0.25, 0.3) is 0 Å². The molecule has 1 aromatic carbocycles. The third-order valence-corrected chi connectivity index (χ3v) is 2.97. The minimum absolute atomic E-state index is 0.00940. The van der Waals surface area contributed by atoms with Gasteiger partial charge in [-0.3, -0.25) is 0 Å². The first-order valence-electron chi connectivity index (χ1n) is 5.27. The number of nitrogens with zero attached hydrogens (tertiary/aromatic N) is 1. The average molecular weight is 281 g/mol. The van der Waals surface area contributed by atoms with Gasteiger partial charge in [-0.15, -0.1) is 0 Å². The van der Waals surface area contributed by atoms with Crippen LogP contribution in [-0.2, 0) is 0 Å². The lowest BCUT2D eigenvalue weighted by Crippen LogP contribution is -2.56. The van der Waals surface area contributed by atoms with Crippen molar-refractivity contribution in [1.82, 2.24) is 0 Å². The summed E-state index contributed by atoms with van der Waals surface area (Å²) in [6.45, 7) is 0.00940. The van der Waals surface area contributed by atoms with Crippen molar-refractivity contribution in [2.45, 2.75) is 18.6 Å². The maximum atomic E-state index is 13.4. The van der Waals surface area contributed by atoms with Crippen molar-refractivity contribution < 1.29 is 31.9 Å². The van der Waals surface area contributed by atoms with E-state index in [-0.39, 0.29) is 18.7 Å². The number of aromatic carboxylic acids is 1. The Kier molecular flexibility index (Phi) is 3.11.